The lowest BCUT2D eigenvalue weighted by Gasteiger charge is -2.09. The number of hydrazone groups is 1. The number of hydrogen-bond acceptors (Lipinski definition) is 3. The van der Waals surface area contributed by atoms with Crippen LogP contribution < -0.4 is 5.43 Å². The first kappa shape index (κ1) is 15.6. The molecule has 0 bridgehead atoms. The molecule has 2 rings (SSSR count). The van der Waals surface area contributed by atoms with Gasteiger partial charge in [-0.3, -0.25) is 5.43 Å². The summed E-state index contributed by atoms with van der Waals surface area (Å²) >= 11 is 11.5. The molecule has 0 radical (unpaired) electrons. The maximum absolute atomic E-state index is 12.8. The second kappa shape index (κ2) is 6.32. The standard InChI is InChI=1S/C13H8Cl2F3N3/c14-9-5-11(15)12(19-7-9)21-20-6-8-3-1-2-4-10(8)13(16,17)18/h1-7H,(H,19,21)/b20-6-. The lowest BCUT2D eigenvalue weighted by atomic mass is 10.1. The maximum Gasteiger partial charge on any atom is 0.417 e. The van der Waals surface area contributed by atoms with Crippen molar-refractivity contribution >= 4 is 35.2 Å². The van der Waals surface area contributed by atoms with Crippen LogP contribution in [0.5, 0.6) is 0 Å². The molecule has 1 aromatic carbocycles. The summed E-state index contributed by atoms with van der Waals surface area (Å²) in [7, 11) is 0. The summed E-state index contributed by atoms with van der Waals surface area (Å²) in [5.41, 5.74) is 1.63. The zero-order chi connectivity index (χ0) is 15.5. The van der Waals surface area contributed by atoms with Crippen molar-refractivity contribution in [1.29, 1.82) is 0 Å². The van der Waals surface area contributed by atoms with Crippen LogP contribution in [0.4, 0.5) is 19.0 Å². The lowest BCUT2D eigenvalue weighted by molar-refractivity contribution is -0.137. The molecule has 1 N–H and O–H groups in total. The van der Waals surface area contributed by atoms with Crippen LogP contribution in [0.2, 0.25) is 10.0 Å². The molecule has 8 heteroatoms. The molecule has 3 nitrogen and oxygen atoms in total. The van der Waals surface area contributed by atoms with Gasteiger partial charge in [0.25, 0.3) is 0 Å². The molecule has 2 aromatic rings. The molecule has 0 saturated carbocycles. The van der Waals surface area contributed by atoms with Crippen molar-refractivity contribution in [3.63, 3.8) is 0 Å². The minimum atomic E-state index is -4.45. The average Bonchev–Trinajstić information content (AvgIpc) is 2.41. The molecule has 1 aromatic heterocycles. The van der Waals surface area contributed by atoms with E-state index in [-0.39, 0.29) is 16.4 Å². The van der Waals surface area contributed by atoms with Crippen LogP contribution in [0, 0.1) is 0 Å². The Morgan fingerprint density at radius 3 is 2.57 bits per heavy atom. The Kier molecular flexibility index (Phi) is 4.69. The molecule has 0 fully saturated rings. The molecule has 110 valence electrons. The van der Waals surface area contributed by atoms with Crippen molar-refractivity contribution in [1.82, 2.24) is 4.98 Å². The van der Waals surface area contributed by atoms with Gasteiger partial charge in [0.2, 0.25) is 0 Å². The quantitative estimate of drug-likeness (QED) is 0.643. The highest BCUT2D eigenvalue weighted by molar-refractivity contribution is 6.35. The van der Waals surface area contributed by atoms with Gasteiger partial charge in [-0.2, -0.15) is 18.3 Å². The van der Waals surface area contributed by atoms with Crippen molar-refractivity contribution in [3.8, 4) is 0 Å². The predicted molar refractivity (Wildman–Crippen MR) is 76.9 cm³/mol. The highest BCUT2D eigenvalue weighted by atomic mass is 35.5. The molecular weight excluding hydrogens is 326 g/mol. The van der Waals surface area contributed by atoms with Crippen LogP contribution in [0.15, 0.2) is 41.6 Å². The van der Waals surface area contributed by atoms with E-state index in [1.165, 1.54) is 30.5 Å². The Balaban J connectivity index is 2.19. The van der Waals surface area contributed by atoms with E-state index in [4.69, 9.17) is 23.2 Å². The van der Waals surface area contributed by atoms with Gasteiger partial charge in [0.05, 0.1) is 21.8 Å². The third-order valence-corrected chi connectivity index (χ3v) is 2.94. The molecule has 21 heavy (non-hydrogen) atoms. The number of rotatable bonds is 3. The van der Waals surface area contributed by atoms with E-state index in [0.29, 0.717) is 5.02 Å². The van der Waals surface area contributed by atoms with Crippen LogP contribution in [0.25, 0.3) is 0 Å². The Bertz CT molecular complexity index is 672. The van der Waals surface area contributed by atoms with Gasteiger partial charge in [-0.05, 0) is 12.1 Å². The first-order chi connectivity index (χ1) is 9.88. The summed E-state index contributed by atoms with van der Waals surface area (Å²) in [4.78, 5) is 3.87. The van der Waals surface area contributed by atoms with E-state index in [1.807, 2.05) is 0 Å². The summed E-state index contributed by atoms with van der Waals surface area (Å²) in [6, 6.07) is 6.53. The number of nitrogens with zero attached hydrogens (tertiary/aromatic N) is 2. The smallest absolute Gasteiger partial charge is 0.260 e. The van der Waals surface area contributed by atoms with Crippen molar-refractivity contribution in [2.75, 3.05) is 5.43 Å². The monoisotopic (exact) mass is 333 g/mol. The van der Waals surface area contributed by atoms with Crippen molar-refractivity contribution in [2.45, 2.75) is 6.18 Å². The zero-order valence-electron chi connectivity index (χ0n) is 10.3. The first-order valence-corrected chi connectivity index (χ1v) is 6.40. The first-order valence-electron chi connectivity index (χ1n) is 5.64. The molecule has 0 aliphatic carbocycles. The molecule has 0 spiro atoms. The van der Waals surface area contributed by atoms with E-state index in [1.54, 1.807) is 0 Å². The molecule has 1 heterocycles. The number of hydrogen-bond donors (Lipinski definition) is 1. The van der Waals surface area contributed by atoms with E-state index < -0.39 is 11.7 Å². The second-order valence-electron chi connectivity index (χ2n) is 3.94. The van der Waals surface area contributed by atoms with Gasteiger partial charge in [0.1, 0.15) is 0 Å². The average molecular weight is 334 g/mol. The van der Waals surface area contributed by atoms with E-state index >= 15 is 0 Å². The maximum atomic E-state index is 12.8. The van der Waals surface area contributed by atoms with Crippen LogP contribution in [0.3, 0.4) is 0 Å². The summed E-state index contributed by atoms with van der Waals surface area (Å²) in [6.45, 7) is 0. The summed E-state index contributed by atoms with van der Waals surface area (Å²) in [5, 5.41) is 4.27. The van der Waals surface area contributed by atoms with Crippen LogP contribution in [-0.2, 0) is 6.18 Å². The third-order valence-electron chi connectivity index (χ3n) is 2.45. The van der Waals surface area contributed by atoms with Crippen LogP contribution in [0.1, 0.15) is 11.1 Å². The van der Waals surface area contributed by atoms with E-state index in [0.717, 1.165) is 12.3 Å². The summed E-state index contributed by atoms with van der Waals surface area (Å²) < 4.78 is 38.3. The van der Waals surface area contributed by atoms with Gasteiger partial charge in [-0.25, -0.2) is 4.98 Å². The highest BCUT2D eigenvalue weighted by Crippen LogP contribution is 2.31. The Morgan fingerprint density at radius 2 is 1.90 bits per heavy atom. The molecular formula is C13H8Cl2F3N3. The van der Waals surface area contributed by atoms with Gasteiger partial charge < -0.3 is 0 Å². The topological polar surface area (TPSA) is 37.3 Å². The number of benzene rings is 1. The highest BCUT2D eigenvalue weighted by Gasteiger charge is 2.32. The lowest BCUT2D eigenvalue weighted by Crippen LogP contribution is -2.09. The summed E-state index contributed by atoms with van der Waals surface area (Å²) in [6.07, 6.45) is -2.05. The number of halogens is 5. The van der Waals surface area contributed by atoms with E-state index in [2.05, 4.69) is 15.5 Å². The van der Waals surface area contributed by atoms with Gasteiger partial charge in [-0.15, -0.1) is 0 Å². The largest absolute Gasteiger partial charge is 0.417 e. The fourth-order valence-corrected chi connectivity index (χ4v) is 1.95. The van der Waals surface area contributed by atoms with Crippen molar-refractivity contribution < 1.29 is 13.2 Å². The zero-order valence-corrected chi connectivity index (χ0v) is 11.8. The van der Waals surface area contributed by atoms with Gasteiger partial charge >= 0.3 is 6.18 Å². The fourth-order valence-electron chi connectivity index (χ4n) is 1.53. The number of pyridine rings is 1. The van der Waals surface area contributed by atoms with Crippen LogP contribution >= 0.6 is 23.2 Å². The minimum Gasteiger partial charge on any atom is -0.260 e. The van der Waals surface area contributed by atoms with Crippen molar-refractivity contribution in [2.24, 2.45) is 5.10 Å². The number of alkyl halides is 3. The molecule has 0 aliphatic heterocycles. The van der Waals surface area contributed by atoms with Crippen molar-refractivity contribution in [3.05, 3.63) is 57.7 Å². The van der Waals surface area contributed by atoms with E-state index in [9.17, 15) is 13.2 Å². The molecule has 0 atom stereocenters. The molecule has 0 saturated heterocycles. The Hall–Kier alpha value is -1.79. The number of aromatic nitrogens is 1. The molecule has 0 unspecified atom stereocenters. The minimum absolute atomic E-state index is 0.0671. The van der Waals surface area contributed by atoms with Gasteiger partial charge in [0.15, 0.2) is 5.82 Å². The SMILES string of the molecule is FC(F)(F)c1ccccc1/C=N\Nc1ncc(Cl)cc1Cl. The Labute approximate surface area is 128 Å². The van der Waals surface area contributed by atoms with Crippen LogP contribution in [-0.4, -0.2) is 11.2 Å². The normalized spacial score (nSPS) is 11.9. The van der Waals surface area contributed by atoms with Gasteiger partial charge in [-0.1, -0.05) is 41.4 Å². The fraction of sp³-hybridized carbons (Fsp3) is 0.0769. The molecule has 0 aliphatic rings. The summed E-state index contributed by atoms with van der Waals surface area (Å²) in [5.74, 6) is 0.196. The van der Waals surface area contributed by atoms with Gasteiger partial charge in [0, 0.05) is 11.8 Å². The number of anilines is 1. The third kappa shape index (κ3) is 4.09. The molecule has 0 amide bonds. The Morgan fingerprint density at radius 1 is 1.19 bits per heavy atom. The second-order valence-corrected chi connectivity index (χ2v) is 4.78. The number of nitrogens with one attached hydrogen (secondary N) is 1. The predicted octanol–water partition coefficient (Wildman–Crippen LogP) is 4.85.